The highest BCUT2D eigenvalue weighted by Crippen LogP contribution is 2.32. The van der Waals surface area contributed by atoms with Gasteiger partial charge in [0.05, 0.1) is 17.7 Å². The highest BCUT2D eigenvalue weighted by Gasteiger charge is 2.23. The molecule has 1 amide bonds. The fourth-order valence-electron chi connectivity index (χ4n) is 2.19. The highest BCUT2D eigenvalue weighted by atomic mass is 32.1. The third kappa shape index (κ3) is 2.65. The number of aromatic nitrogens is 2. The second kappa shape index (κ2) is 5.73. The van der Waals surface area contributed by atoms with Crippen molar-refractivity contribution in [3.8, 4) is 22.5 Å². The van der Waals surface area contributed by atoms with Gasteiger partial charge in [0.2, 0.25) is 5.91 Å². The Hall–Kier alpha value is -2.46. The summed E-state index contributed by atoms with van der Waals surface area (Å²) in [7, 11) is 0. The lowest BCUT2D eigenvalue weighted by Crippen LogP contribution is -2.42. The monoisotopic (exact) mass is 314 g/mol. The van der Waals surface area contributed by atoms with Crippen LogP contribution < -0.4 is 0 Å². The number of aryl methyl sites for hydroxylation is 1. The summed E-state index contributed by atoms with van der Waals surface area (Å²) in [6.07, 6.45) is 2.74. The fraction of sp³-hybridized carbons (Fsp3) is 0.333. The van der Waals surface area contributed by atoms with Crippen LogP contribution in [0.2, 0.25) is 0 Å². The number of amides is 1. The number of aromatic hydroxyl groups is 1. The molecule has 0 atom stereocenters. The molecule has 0 aliphatic carbocycles. The van der Waals surface area contributed by atoms with E-state index in [1.165, 1.54) is 23.6 Å². The standard InChI is InChI=1S/C15H14N4O2S/c1-9-11(6-13(21)19-3-2-4-19)18-15(22-9)14-12(20)5-10(7-16)8-17-14/h5,8,20H,2-4,6H2,1H3. The van der Waals surface area contributed by atoms with Crippen molar-refractivity contribution in [1.29, 1.82) is 5.26 Å². The van der Waals surface area contributed by atoms with Gasteiger partial charge < -0.3 is 10.0 Å². The Morgan fingerprint density at radius 2 is 2.32 bits per heavy atom. The lowest BCUT2D eigenvalue weighted by Gasteiger charge is -2.30. The highest BCUT2D eigenvalue weighted by molar-refractivity contribution is 7.15. The van der Waals surface area contributed by atoms with E-state index < -0.39 is 0 Å². The van der Waals surface area contributed by atoms with Crippen LogP contribution in [-0.2, 0) is 11.2 Å². The summed E-state index contributed by atoms with van der Waals surface area (Å²) in [6, 6.07) is 3.29. The molecule has 3 heterocycles. The fourth-order valence-corrected chi connectivity index (χ4v) is 3.13. The Morgan fingerprint density at radius 1 is 1.55 bits per heavy atom. The molecule has 0 saturated carbocycles. The van der Waals surface area contributed by atoms with Crippen molar-refractivity contribution in [1.82, 2.24) is 14.9 Å². The molecule has 3 rings (SSSR count). The molecule has 1 saturated heterocycles. The first-order valence-corrected chi connectivity index (χ1v) is 7.73. The van der Waals surface area contributed by atoms with Crippen molar-refractivity contribution in [2.45, 2.75) is 19.8 Å². The van der Waals surface area contributed by atoms with Gasteiger partial charge in [0.25, 0.3) is 0 Å². The number of hydrogen-bond donors (Lipinski definition) is 1. The number of thiazole rings is 1. The minimum Gasteiger partial charge on any atom is -0.506 e. The summed E-state index contributed by atoms with van der Waals surface area (Å²) in [5, 5.41) is 19.3. The summed E-state index contributed by atoms with van der Waals surface area (Å²) in [4.78, 5) is 23.3. The zero-order valence-corrected chi connectivity index (χ0v) is 12.9. The van der Waals surface area contributed by atoms with E-state index in [0.717, 1.165) is 30.1 Å². The Bertz CT molecular complexity index is 774. The van der Waals surface area contributed by atoms with Crippen LogP contribution in [0.1, 0.15) is 22.6 Å². The van der Waals surface area contributed by atoms with E-state index in [9.17, 15) is 9.90 Å². The van der Waals surface area contributed by atoms with Crippen molar-refractivity contribution in [2.24, 2.45) is 0 Å². The number of rotatable bonds is 3. The first-order valence-electron chi connectivity index (χ1n) is 6.92. The first kappa shape index (κ1) is 14.5. The number of likely N-dealkylation sites (tertiary alicyclic amines) is 1. The molecule has 0 unspecified atom stereocenters. The Morgan fingerprint density at radius 3 is 2.91 bits per heavy atom. The van der Waals surface area contributed by atoms with Crippen molar-refractivity contribution in [3.63, 3.8) is 0 Å². The van der Waals surface area contributed by atoms with Gasteiger partial charge in [-0.15, -0.1) is 11.3 Å². The van der Waals surface area contributed by atoms with Crippen LogP contribution in [0.3, 0.4) is 0 Å². The molecule has 1 aliphatic heterocycles. The van der Waals surface area contributed by atoms with E-state index >= 15 is 0 Å². The molecule has 2 aromatic rings. The lowest BCUT2D eigenvalue weighted by molar-refractivity contribution is -0.133. The average molecular weight is 314 g/mol. The third-order valence-corrected chi connectivity index (χ3v) is 4.64. The molecule has 112 valence electrons. The summed E-state index contributed by atoms with van der Waals surface area (Å²) in [5.74, 6) is 0.0108. The number of nitrogens with zero attached hydrogens (tertiary/aromatic N) is 4. The smallest absolute Gasteiger partial charge is 0.228 e. The van der Waals surface area contributed by atoms with E-state index in [4.69, 9.17) is 5.26 Å². The van der Waals surface area contributed by atoms with Crippen molar-refractivity contribution >= 4 is 17.2 Å². The van der Waals surface area contributed by atoms with Gasteiger partial charge in [-0.05, 0) is 13.3 Å². The number of nitriles is 1. The molecule has 1 N–H and O–H groups in total. The van der Waals surface area contributed by atoms with E-state index in [-0.39, 0.29) is 18.1 Å². The van der Waals surface area contributed by atoms with Crippen LogP contribution in [0, 0.1) is 18.3 Å². The van der Waals surface area contributed by atoms with Crippen LogP contribution >= 0.6 is 11.3 Å². The van der Waals surface area contributed by atoms with Crippen LogP contribution in [0.15, 0.2) is 12.3 Å². The molecular weight excluding hydrogens is 300 g/mol. The number of pyridine rings is 1. The molecular formula is C15H14N4O2S. The van der Waals surface area contributed by atoms with Gasteiger partial charge in [-0.2, -0.15) is 5.26 Å². The van der Waals surface area contributed by atoms with Gasteiger partial charge >= 0.3 is 0 Å². The Balaban J connectivity index is 1.85. The maximum absolute atomic E-state index is 12.0. The molecule has 2 aromatic heterocycles. The Labute approximate surface area is 131 Å². The van der Waals surface area contributed by atoms with E-state index in [1.54, 1.807) is 0 Å². The van der Waals surface area contributed by atoms with Gasteiger partial charge in [-0.25, -0.2) is 9.97 Å². The van der Waals surface area contributed by atoms with E-state index in [1.807, 2.05) is 17.9 Å². The topological polar surface area (TPSA) is 90.1 Å². The molecule has 6 nitrogen and oxygen atoms in total. The average Bonchev–Trinajstić information content (AvgIpc) is 2.77. The first-order chi connectivity index (χ1) is 10.6. The second-order valence-electron chi connectivity index (χ2n) is 5.14. The zero-order valence-electron chi connectivity index (χ0n) is 12.0. The summed E-state index contributed by atoms with van der Waals surface area (Å²) >= 11 is 1.39. The molecule has 0 bridgehead atoms. The number of carbonyl (C=O) groups is 1. The largest absolute Gasteiger partial charge is 0.506 e. The van der Waals surface area contributed by atoms with Gasteiger partial charge in [0, 0.05) is 30.2 Å². The normalized spacial score (nSPS) is 13.5. The SMILES string of the molecule is Cc1sc(-c2ncc(C#N)cc2O)nc1CC(=O)N1CCC1. The summed E-state index contributed by atoms with van der Waals surface area (Å²) in [6.45, 7) is 3.56. The number of hydrogen-bond acceptors (Lipinski definition) is 6. The van der Waals surface area contributed by atoms with Gasteiger partial charge in [0.15, 0.2) is 0 Å². The van der Waals surface area contributed by atoms with Crippen LogP contribution in [0.4, 0.5) is 0 Å². The van der Waals surface area contributed by atoms with Crippen LogP contribution in [0.25, 0.3) is 10.7 Å². The van der Waals surface area contributed by atoms with E-state index in [2.05, 4.69) is 9.97 Å². The van der Waals surface area contributed by atoms with E-state index in [0.29, 0.717) is 16.3 Å². The van der Waals surface area contributed by atoms with Crippen LogP contribution in [-0.4, -0.2) is 39.0 Å². The molecule has 1 aliphatic rings. The predicted molar refractivity (Wildman–Crippen MR) is 81.4 cm³/mol. The van der Waals surface area contributed by atoms with Crippen molar-refractivity contribution < 1.29 is 9.90 Å². The van der Waals surface area contributed by atoms with Gasteiger partial charge in [-0.3, -0.25) is 4.79 Å². The molecule has 1 fully saturated rings. The minimum atomic E-state index is -0.0755. The maximum atomic E-state index is 12.0. The summed E-state index contributed by atoms with van der Waals surface area (Å²) in [5.41, 5.74) is 1.36. The molecule has 22 heavy (non-hydrogen) atoms. The molecule has 7 heteroatoms. The second-order valence-corrected chi connectivity index (χ2v) is 6.34. The van der Waals surface area contributed by atoms with Gasteiger partial charge in [0.1, 0.15) is 22.5 Å². The summed E-state index contributed by atoms with van der Waals surface area (Å²) < 4.78 is 0. The maximum Gasteiger partial charge on any atom is 0.228 e. The van der Waals surface area contributed by atoms with Crippen molar-refractivity contribution in [3.05, 3.63) is 28.4 Å². The quantitative estimate of drug-likeness (QED) is 0.934. The van der Waals surface area contributed by atoms with Gasteiger partial charge in [-0.1, -0.05) is 0 Å². The van der Waals surface area contributed by atoms with Crippen LogP contribution in [0.5, 0.6) is 5.75 Å². The molecule has 0 radical (unpaired) electrons. The molecule has 0 spiro atoms. The number of carbonyl (C=O) groups excluding carboxylic acids is 1. The van der Waals surface area contributed by atoms with Crippen molar-refractivity contribution in [2.75, 3.05) is 13.1 Å². The third-order valence-electron chi connectivity index (χ3n) is 3.62. The Kier molecular flexibility index (Phi) is 3.77. The molecule has 0 aromatic carbocycles. The predicted octanol–water partition coefficient (Wildman–Crippen LogP) is 1.87. The zero-order chi connectivity index (χ0) is 15.7. The minimum absolute atomic E-state index is 0.0755. The lowest BCUT2D eigenvalue weighted by atomic mass is 10.2.